The second kappa shape index (κ2) is 7.32. The number of hydrogen-bond donors (Lipinski definition) is 1. The van der Waals surface area contributed by atoms with Crippen molar-refractivity contribution in [3.8, 4) is 0 Å². The van der Waals surface area contributed by atoms with Gasteiger partial charge in [-0.2, -0.15) is 0 Å². The van der Waals surface area contributed by atoms with Gasteiger partial charge < -0.3 is 10.1 Å². The Labute approximate surface area is 128 Å². The van der Waals surface area contributed by atoms with Crippen molar-refractivity contribution in [1.82, 2.24) is 15.3 Å². The van der Waals surface area contributed by atoms with Gasteiger partial charge in [-0.15, -0.1) is 0 Å². The Hall–Kier alpha value is -1.00. The van der Waals surface area contributed by atoms with Crippen LogP contribution in [-0.2, 0) is 4.74 Å². The van der Waals surface area contributed by atoms with E-state index in [-0.39, 0.29) is 0 Å². The SMILES string of the molecule is Cc1nc(C2CCOC2)nc(C)c1C(C)CNCC(C)C. The van der Waals surface area contributed by atoms with Crippen molar-refractivity contribution in [3.63, 3.8) is 0 Å². The summed E-state index contributed by atoms with van der Waals surface area (Å²) in [6, 6.07) is 0. The van der Waals surface area contributed by atoms with Gasteiger partial charge in [0.15, 0.2) is 0 Å². The van der Waals surface area contributed by atoms with Crippen molar-refractivity contribution >= 4 is 0 Å². The van der Waals surface area contributed by atoms with Crippen LogP contribution in [0, 0.1) is 19.8 Å². The van der Waals surface area contributed by atoms with Crippen molar-refractivity contribution in [3.05, 3.63) is 22.8 Å². The first-order chi connectivity index (χ1) is 9.99. The molecule has 1 aliphatic rings. The second-order valence-corrected chi connectivity index (χ2v) is 6.68. The minimum absolute atomic E-state index is 0.380. The zero-order valence-corrected chi connectivity index (χ0v) is 14.1. The molecule has 118 valence electrons. The highest BCUT2D eigenvalue weighted by molar-refractivity contribution is 5.29. The summed E-state index contributed by atoms with van der Waals surface area (Å²) in [4.78, 5) is 9.52. The number of nitrogens with zero attached hydrogens (tertiary/aromatic N) is 2. The van der Waals surface area contributed by atoms with Crippen LogP contribution in [0.5, 0.6) is 0 Å². The Kier molecular flexibility index (Phi) is 5.71. The van der Waals surface area contributed by atoms with Gasteiger partial charge in [-0.05, 0) is 44.2 Å². The molecule has 0 spiro atoms. The van der Waals surface area contributed by atoms with E-state index in [4.69, 9.17) is 14.7 Å². The summed E-state index contributed by atoms with van der Waals surface area (Å²) in [5.74, 6) is 2.47. The molecular weight excluding hydrogens is 262 g/mol. The molecule has 0 bridgehead atoms. The molecule has 1 aromatic heterocycles. The van der Waals surface area contributed by atoms with Crippen molar-refractivity contribution in [2.45, 2.75) is 52.9 Å². The maximum absolute atomic E-state index is 5.45. The normalized spacial score (nSPS) is 20.2. The highest BCUT2D eigenvalue weighted by Crippen LogP contribution is 2.26. The molecule has 0 saturated carbocycles. The van der Waals surface area contributed by atoms with Gasteiger partial charge in [0.1, 0.15) is 5.82 Å². The Morgan fingerprint density at radius 2 is 1.81 bits per heavy atom. The summed E-state index contributed by atoms with van der Waals surface area (Å²) in [5.41, 5.74) is 3.56. The fourth-order valence-corrected chi connectivity index (χ4v) is 3.08. The molecule has 2 heterocycles. The van der Waals surface area contributed by atoms with Gasteiger partial charge in [-0.3, -0.25) is 0 Å². The van der Waals surface area contributed by atoms with E-state index in [9.17, 15) is 0 Å². The van der Waals surface area contributed by atoms with Crippen LogP contribution in [0.2, 0.25) is 0 Å². The van der Waals surface area contributed by atoms with Gasteiger partial charge in [-0.1, -0.05) is 20.8 Å². The molecule has 2 atom stereocenters. The zero-order valence-electron chi connectivity index (χ0n) is 14.1. The average Bonchev–Trinajstić information content (AvgIpc) is 2.91. The zero-order chi connectivity index (χ0) is 15.4. The smallest absolute Gasteiger partial charge is 0.134 e. The Bertz CT molecular complexity index is 444. The van der Waals surface area contributed by atoms with Gasteiger partial charge in [-0.25, -0.2) is 9.97 Å². The predicted octanol–water partition coefficient (Wildman–Crippen LogP) is 2.95. The van der Waals surface area contributed by atoms with Crippen LogP contribution in [0.3, 0.4) is 0 Å². The summed E-state index contributed by atoms with van der Waals surface area (Å²) in [5, 5.41) is 3.53. The molecule has 2 unspecified atom stereocenters. The van der Waals surface area contributed by atoms with Crippen molar-refractivity contribution in [2.24, 2.45) is 5.92 Å². The summed E-state index contributed by atoms with van der Waals surface area (Å²) >= 11 is 0. The summed E-state index contributed by atoms with van der Waals surface area (Å²) < 4.78 is 5.45. The largest absolute Gasteiger partial charge is 0.381 e. The van der Waals surface area contributed by atoms with E-state index in [1.54, 1.807) is 0 Å². The standard InChI is InChI=1S/C17H29N3O/c1-11(2)8-18-9-12(3)16-13(4)19-17(20-14(16)5)15-6-7-21-10-15/h11-12,15,18H,6-10H2,1-5H3. The fraction of sp³-hybridized carbons (Fsp3) is 0.765. The number of ether oxygens (including phenoxy) is 1. The van der Waals surface area contributed by atoms with Gasteiger partial charge in [0.25, 0.3) is 0 Å². The Morgan fingerprint density at radius 1 is 1.14 bits per heavy atom. The minimum atomic E-state index is 0.380. The first kappa shape index (κ1) is 16.4. The number of nitrogens with one attached hydrogen (secondary N) is 1. The van der Waals surface area contributed by atoms with Gasteiger partial charge in [0.05, 0.1) is 6.61 Å². The maximum Gasteiger partial charge on any atom is 0.134 e. The third-order valence-corrected chi connectivity index (χ3v) is 4.13. The first-order valence-electron chi connectivity index (χ1n) is 8.12. The van der Waals surface area contributed by atoms with E-state index in [0.717, 1.165) is 49.9 Å². The van der Waals surface area contributed by atoms with Crippen LogP contribution in [0.15, 0.2) is 0 Å². The highest BCUT2D eigenvalue weighted by Gasteiger charge is 2.23. The quantitative estimate of drug-likeness (QED) is 0.875. The summed E-state index contributed by atoms with van der Waals surface area (Å²) in [6.07, 6.45) is 1.05. The van der Waals surface area contributed by atoms with Crippen LogP contribution in [0.1, 0.15) is 61.8 Å². The van der Waals surface area contributed by atoms with Gasteiger partial charge in [0.2, 0.25) is 0 Å². The third kappa shape index (κ3) is 4.24. The van der Waals surface area contributed by atoms with E-state index in [1.807, 2.05) is 0 Å². The molecule has 0 aromatic carbocycles. The molecule has 21 heavy (non-hydrogen) atoms. The summed E-state index contributed by atoms with van der Waals surface area (Å²) in [7, 11) is 0. The fourth-order valence-electron chi connectivity index (χ4n) is 3.08. The predicted molar refractivity (Wildman–Crippen MR) is 85.8 cm³/mol. The average molecular weight is 291 g/mol. The lowest BCUT2D eigenvalue weighted by molar-refractivity contribution is 0.193. The topological polar surface area (TPSA) is 47.0 Å². The molecule has 0 radical (unpaired) electrons. The molecule has 1 saturated heterocycles. The highest BCUT2D eigenvalue weighted by atomic mass is 16.5. The molecule has 4 nitrogen and oxygen atoms in total. The lowest BCUT2D eigenvalue weighted by Gasteiger charge is -2.19. The molecule has 1 fully saturated rings. The number of hydrogen-bond acceptors (Lipinski definition) is 4. The minimum Gasteiger partial charge on any atom is -0.381 e. The van der Waals surface area contributed by atoms with Crippen molar-refractivity contribution < 1.29 is 4.74 Å². The van der Waals surface area contributed by atoms with E-state index >= 15 is 0 Å². The molecule has 0 aliphatic carbocycles. The number of aryl methyl sites for hydroxylation is 2. The molecule has 1 N–H and O–H groups in total. The third-order valence-electron chi connectivity index (χ3n) is 4.13. The molecule has 2 rings (SSSR count). The van der Waals surface area contributed by atoms with Crippen LogP contribution in [0.25, 0.3) is 0 Å². The lowest BCUT2D eigenvalue weighted by atomic mass is 9.97. The molecule has 1 aliphatic heterocycles. The van der Waals surface area contributed by atoms with Crippen LogP contribution in [-0.4, -0.2) is 36.3 Å². The van der Waals surface area contributed by atoms with Crippen LogP contribution < -0.4 is 5.32 Å². The Morgan fingerprint density at radius 3 is 2.33 bits per heavy atom. The Balaban J connectivity index is 2.08. The van der Waals surface area contributed by atoms with E-state index < -0.39 is 0 Å². The van der Waals surface area contributed by atoms with Crippen molar-refractivity contribution in [1.29, 1.82) is 0 Å². The number of aromatic nitrogens is 2. The monoisotopic (exact) mass is 291 g/mol. The second-order valence-electron chi connectivity index (χ2n) is 6.68. The van der Waals surface area contributed by atoms with Crippen molar-refractivity contribution in [2.75, 3.05) is 26.3 Å². The molecule has 1 aromatic rings. The molecule has 4 heteroatoms. The molecular formula is C17H29N3O. The first-order valence-corrected chi connectivity index (χ1v) is 8.12. The van der Waals surface area contributed by atoms with Crippen LogP contribution >= 0.6 is 0 Å². The van der Waals surface area contributed by atoms with E-state index in [1.165, 1.54) is 5.56 Å². The maximum atomic E-state index is 5.45. The van der Waals surface area contributed by atoms with E-state index in [0.29, 0.717) is 17.8 Å². The number of rotatable bonds is 6. The van der Waals surface area contributed by atoms with Gasteiger partial charge in [0, 0.05) is 30.5 Å². The van der Waals surface area contributed by atoms with E-state index in [2.05, 4.69) is 39.9 Å². The molecule has 0 amide bonds. The lowest BCUT2D eigenvalue weighted by Crippen LogP contribution is -2.25. The van der Waals surface area contributed by atoms with Crippen LogP contribution in [0.4, 0.5) is 0 Å². The van der Waals surface area contributed by atoms with Gasteiger partial charge >= 0.3 is 0 Å². The summed E-state index contributed by atoms with van der Waals surface area (Å²) in [6.45, 7) is 14.6.